The van der Waals surface area contributed by atoms with Crippen molar-refractivity contribution < 1.29 is 4.74 Å². The molecule has 106 valence electrons. The van der Waals surface area contributed by atoms with Crippen LogP contribution in [0.1, 0.15) is 50.2 Å². The maximum atomic E-state index is 6.35. The van der Waals surface area contributed by atoms with E-state index in [4.69, 9.17) is 16.3 Å². The highest BCUT2D eigenvalue weighted by atomic mass is 35.5. The number of ether oxygens (including phenoxy) is 1. The molecule has 0 amide bonds. The van der Waals surface area contributed by atoms with Crippen molar-refractivity contribution in [3.63, 3.8) is 0 Å². The van der Waals surface area contributed by atoms with Crippen LogP contribution in [0.3, 0.4) is 0 Å². The average molecular weight is 281 g/mol. The Kier molecular flexibility index (Phi) is 5.72. The molecular formula is C17H25ClO. The molecule has 1 aromatic rings. The summed E-state index contributed by atoms with van der Waals surface area (Å²) in [5.41, 5.74) is 3.10. The van der Waals surface area contributed by atoms with Gasteiger partial charge in [0.05, 0.1) is 0 Å². The fourth-order valence-electron chi connectivity index (χ4n) is 3.09. The first-order chi connectivity index (χ1) is 9.32. The summed E-state index contributed by atoms with van der Waals surface area (Å²) in [5, 5.41) is 0. The molecule has 1 atom stereocenters. The molecule has 2 heteroatoms. The Bertz CT molecular complexity index is 391. The summed E-state index contributed by atoms with van der Waals surface area (Å²) >= 11 is 6.35. The van der Waals surface area contributed by atoms with Gasteiger partial charge in [-0.15, -0.1) is 11.6 Å². The van der Waals surface area contributed by atoms with E-state index in [1.165, 1.54) is 36.8 Å². The third kappa shape index (κ3) is 3.52. The number of alkyl halides is 1. The van der Waals surface area contributed by atoms with Gasteiger partial charge in [0.2, 0.25) is 0 Å². The summed E-state index contributed by atoms with van der Waals surface area (Å²) in [4.78, 5) is 0. The van der Waals surface area contributed by atoms with Crippen molar-refractivity contribution in [3.05, 3.63) is 35.4 Å². The van der Waals surface area contributed by atoms with Crippen molar-refractivity contribution >= 4 is 11.6 Å². The van der Waals surface area contributed by atoms with E-state index >= 15 is 0 Å². The van der Waals surface area contributed by atoms with Crippen molar-refractivity contribution in [3.8, 4) is 0 Å². The van der Waals surface area contributed by atoms with Gasteiger partial charge in [-0.25, -0.2) is 0 Å². The van der Waals surface area contributed by atoms with Crippen LogP contribution in [0.15, 0.2) is 24.3 Å². The second-order valence-corrected chi connectivity index (χ2v) is 5.91. The van der Waals surface area contributed by atoms with Crippen molar-refractivity contribution in [2.24, 2.45) is 0 Å². The van der Waals surface area contributed by atoms with Crippen LogP contribution >= 0.6 is 11.6 Å². The number of halogens is 1. The molecule has 2 rings (SSSR count). The molecule has 0 N–H and O–H groups in total. The first-order valence-corrected chi connectivity index (χ1v) is 8.08. The van der Waals surface area contributed by atoms with Crippen LogP contribution < -0.4 is 0 Å². The second kappa shape index (κ2) is 7.31. The second-order valence-electron chi connectivity index (χ2n) is 5.64. The van der Waals surface area contributed by atoms with E-state index in [-0.39, 0.29) is 5.41 Å². The Morgan fingerprint density at radius 2 is 2.11 bits per heavy atom. The third-order valence-electron chi connectivity index (χ3n) is 4.31. The van der Waals surface area contributed by atoms with E-state index < -0.39 is 0 Å². The maximum absolute atomic E-state index is 6.35. The summed E-state index contributed by atoms with van der Waals surface area (Å²) in [6.45, 7) is 3.92. The molecule has 19 heavy (non-hydrogen) atoms. The van der Waals surface area contributed by atoms with Crippen LogP contribution in [-0.2, 0) is 16.6 Å². The Labute approximate surface area is 122 Å². The standard InChI is InChI=1S/C17H25ClO/c1-2-3-12-19-13-11-17(14-18)10-6-8-15-7-4-5-9-16(15)17/h4-5,7,9H,2-3,6,8,10-14H2,1H3. The van der Waals surface area contributed by atoms with Crippen molar-refractivity contribution in [1.82, 2.24) is 0 Å². The van der Waals surface area contributed by atoms with E-state index in [9.17, 15) is 0 Å². The smallest absolute Gasteiger partial charge is 0.0474 e. The predicted octanol–water partition coefficient (Wildman–Crippen LogP) is 4.71. The molecule has 1 nitrogen and oxygen atoms in total. The number of hydrogen-bond acceptors (Lipinski definition) is 1. The van der Waals surface area contributed by atoms with Gasteiger partial charge in [-0.3, -0.25) is 0 Å². The van der Waals surface area contributed by atoms with Gasteiger partial charge in [0.15, 0.2) is 0 Å². The molecule has 0 heterocycles. The molecule has 1 unspecified atom stereocenters. The van der Waals surface area contributed by atoms with Crippen LogP contribution in [0.4, 0.5) is 0 Å². The third-order valence-corrected chi connectivity index (χ3v) is 4.82. The van der Waals surface area contributed by atoms with Gasteiger partial charge in [-0.1, -0.05) is 37.6 Å². The van der Waals surface area contributed by atoms with E-state index in [1.54, 1.807) is 0 Å². The Balaban J connectivity index is 2.02. The summed E-state index contributed by atoms with van der Waals surface area (Å²) in [5.74, 6) is 0.709. The first-order valence-electron chi connectivity index (χ1n) is 7.54. The minimum absolute atomic E-state index is 0.141. The molecular weight excluding hydrogens is 256 g/mol. The molecule has 1 aliphatic rings. The lowest BCUT2D eigenvalue weighted by molar-refractivity contribution is 0.110. The number of aryl methyl sites for hydroxylation is 1. The average Bonchev–Trinajstić information content (AvgIpc) is 2.47. The minimum atomic E-state index is 0.141. The van der Waals surface area contributed by atoms with E-state index in [0.29, 0.717) is 5.88 Å². The highest BCUT2D eigenvalue weighted by molar-refractivity contribution is 6.18. The normalized spacial score (nSPS) is 22.2. The lowest BCUT2D eigenvalue weighted by Crippen LogP contribution is -2.34. The van der Waals surface area contributed by atoms with Crippen LogP contribution in [0.5, 0.6) is 0 Å². The number of rotatable bonds is 7. The SMILES string of the molecule is CCCCOCCC1(CCl)CCCc2ccccc21. The van der Waals surface area contributed by atoms with Crippen LogP contribution in [0.2, 0.25) is 0 Å². The zero-order valence-corrected chi connectivity index (χ0v) is 12.7. The lowest BCUT2D eigenvalue weighted by Gasteiger charge is -2.38. The number of unbranched alkanes of at least 4 members (excludes halogenated alkanes) is 1. The minimum Gasteiger partial charge on any atom is -0.381 e. The fraction of sp³-hybridized carbons (Fsp3) is 0.647. The van der Waals surface area contributed by atoms with Gasteiger partial charge in [-0.2, -0.15) is 0 Å². The molecule has 1 aromatic carbocycles. The predicted molar refractivity (Wildman–Crippen MR) is 82.1 cm³/mol. The molecule has 1 aliphatic carbocycles. The maximum Gasteiger partial charge on any atom is 0.0474 e. The van der Waals surface area contributed by atoms with E-state index in [0.717, 1.165) is 26.1 Å². The summed E-state index contributed by atoms with van der Waals surface area (Å²) < 4.78 is 5.76. The zero-order valence-electron chi connectivity index (χ0n) is 12.0. The van der Waals surface area contributed by atoms with Crippen LogP contribution in [0.25, 0.3) is 0 Å². The van der Waals surface area contributed by atoms with Crippen molar-refractivity contribution in [1.29, 1.82) is 0 Å². The topological polar surface area (TPSA) is 9.23 Å². The van der Waals surface area contributed by atoms with Gasteiger partial charge in [0.1, 0.15) is 0 Å². The van der Waals surface area contributed by atoms with E-state index in [2.05, 4.69) is 31.2 Å². The number of hydrogen-bond donors (Lipinski definition) is 0. The molecule has 0 bridgehead atoms. The Morgan fingerprint density at radius 1 is 1.26 bits per heavy atom. The number of fused-ring (bicyclic) bond motifs is 1. The molecule has 0 saturated heterocycles. The van der Waals surface area contributed by atoms with Crippen LogP contribution in [-0.4, -0.2) is 19.1 Å². The summed E-state index contributed by atoms with van der Waals surface area (Å²) in [7, 11) is 0. The van der Waals surface area contributed by atoms with Gasteiger partial charge in [0, 0.05) is 24.5 Å². The molecule has 0 spiro atoms. The number of benzene rings is 1. The van der Waals surface area contributed by atoms with Gasteiger partial charge in [0.25, 0.3) is 0 Å². The van der Waals surface area contributed by atoms with Gasteiger partial charge >= 0.3 is 0 Å². The molecule has 0 aromatic heterocycles. The van der Waals surface area contributed by atoms with Crippen molar-refractivity contribution in [2.45, 2.75) is 50.9 Å². The van der Waals surface area contributed by atoms with Crippen molar-refractivity contribution in [2.75, 3.05) is 19.1 Å². The lowest BCUT2D eigenvalue weighted by atomic mass is 9.69. The Hall–Kier alpha value is -0.530. The quantitative estimate of drug-likeness (QED) is 0.519. The first kappa shape index (κ1) is 14.9. The highest BCUT2D eigenvalue weighted by Gasteiger charge is 2.35. The molecule has 0 fully saturated rings. The van der Waals surface area contributed by atoms with E-state index in [1.807, 2.05) is 0 Å². The van der Waals surface area contributed by atoms with Gasteiger partial charge < -0.3 is 4.74 Å². The molecule has 0 saturated carbocycles. The molecule has 0 radical (unpaired) electrons. The highest BCUT2D eigenvalue weighted by Crippen LogP contribution is 2.40. The monoisotopic (exact) mass is 280 g/mol. The fourth-order valence-corrected chi connectivity index (χ4v) is 3.50. The zero-order chi connectivity index (χ0) is 13.6. The largest absolute Gasteiger partial charge is 0.381 e. The Morgan fingerprint density at radius 3 is 2.89 bits per heavy atom. The van der Waals surface area contributed by atoms with Gasteiger partial charge in [-0.05, 0) is 43.2 Å². The molecule has 0 aliphatic heterocycles. The summed E-state index contributed by atoms with van der Waals surface area (Å²) in [6.07, 6.45) is 7.06. The van der Waals surface area contributed by atoms with Crippen LogP contribution in [0, 0.1) is 0 Å². The summed E-state index contributed by atoms with van der Waals surface area (Å²) in [6, 6.07) is 8.81.